The van der Waals surface area contributed by atoms with Crippen LogP contribution in [0.25, 0.3) is 16.9 Å². The van der Waals surface area contributed by atoms with Crippen LogP contribution in [0.15, 0.2) is 84.9 Å². The van der Waals surface area contributed by atoms with Gasteiger partial charge in [0.15, 0.2) is 11.5 Å². The number of rotatable bonds is 6. The van der Waals surface area contributed by atoms with Gasteiger partial charge in [-0.1, -0.05) is 48.5 Å². The molecule has 4 aromatic rings. The summed E-state index contributed by atoms with van der Waals surface area (Å²) in [5, 5.41) is 18.3. The smallest absolute Gasteiger partial charge is 0.276 e. The number of hydrogen-bond acceptors (Lipinski definition) is 5. The SMILES string of the molecule is CC(=O)c1c(C(=O)Nc2ccccc2)nn(-c2ccc([N+](=O)[O-])cc2)c1-c1ccccc1. The van der Waals surface area contributed by atoms with Crippen molar-refractivity contribution in [2.75, 3.05) is 5.32 Å². The molecule has 158 valence electrons. The lowest BCUT2D eigenvalue weighted by molar-refractivity contribution is -0.384. The van der Waals surface area contributed by atoms with E-state index in [1.165, 1.54) is 35.9 Å². The van der Waals surface area contributed by atoms with Crippen molar-refractivity contribution < 1.29 is 14.5 Å². The molecule has 0 aliphatic heterocycles. The summed E-state index contributed by atoms with van der Waals surface area (Å²) in [4.78, 5) is 36.3. The molecule has 0 saturated heterocycles. The third kappa shape index (κ3) is 4.01. The summed E-state index contributed by atoms with van der Waals surface area (Å²) in [6, 6.07) is 23.7. The molecule has 0 atom stereocenters. The highest BCUT2D eigenvalue weighted by Crippen LogP contribution is 2.31. The summed E-state index contributed by atoms with van der Waals surface area (Å²) in [5.74, 6) is -0.852. The van der Waals surface area contributed by atoms with Crippen molar-refractivity contribution in [3.63, 3.8) is 0 Å². The lowest BCUT2D eigenvalue weighted by atomic mass is 10.0. The number of carbonyl (C=O) groups is 2. The third-order valence-corrected chi connectivity index (χ3v) is 4.84. The Morgan fingerprint density at radius 2 is 1.50 bits per heavy atom. The molecule has 0 aliphatic carbocycles. The number of nitro benzene ring substituents is 1. The number of para-hydroxylation sites is 1. The average molecular weight is 426 g/mol. The highest BCUT2D eigenvalue weighted by Gasteiger charge is 2.27. The molecule has 32 heavy (non-hydrogen) atoms. The van der Waals surface area contributed by atoms with Crippen LogP contribution < -0.4 is 5.32 Å². The van der Waals surface area contributed by atoms with E-state index >= 15 is 0 Å². The number of nitrogens with zero attached hydrogens (tertiary/aromatic N) is 3. The van der Waals surface area contributed by atoms with E-state index in [0.717, 1.165) is 0 Å². The van der Waals surface area contributed by atoms with Crippen molar-refractivity contribution >= 4 is 23.1 Å². The summed E-state index contributed by atoms with van der Waals surface area (Å²) < 4.78 is 1.47. The van der Waals surface area contributed by atoms with Gasteiger partial charge in [-0.3, -0.25) is 19.7 Å². The average Bonchev–Trinajstić information content (AvgIpc) is 3.21. The first-order valence-electron chi connectivity index (χ1n) is 9.76. The Balaban J connectivity index is 1.90. The summed E-state index contributed by atoms with van der Waals surface area (Å²) >= 11 is 0. The number of carbonyl (C=O) groups excluding carboxylic acids is 2. The number of benzene rings is 3. The quantitative estimate of drug-likeness (QED) is 0.268. The second kappa shape index (κ2) is 8.65. The number of amides is 1. The summed E-state index contributed by atoms with van der Waals surface area (Å²) in [5.41, 5.74) is 2.24. The predicted molar refractivity (Wildman–Crippen MR) is 120 cm³/mol. The summed E-state index contributed by atoms with van der Waals surface area (Å²) in [6.45, 7) is 1.38. The number of non-ortho nitro benzene ring substituents is 1. The topological polar surface area (TPSA) is 107 Å². The Morgan fingerprint density at radius 1 is 0.906 bits per heavy atom. The van der Waals surface area contributed by atoms with Crippen molar-refractivity contribution in [2.24, 2.45) is 0 Å². The van der Waals surface area contributed by atoms with E-state index in [-0.39, 0.29) is 22.7 Å². The molecule has 3 aromatic carbocycles. The molecule has 0 aliphatic rings. The number of anilines is 1. The number of hydrogen-bond donors (Lipinski definition) is 1. The van der Waals surface area contributed by atoms with E-state index in [0.29, 0.717) is 22.6 Å². The van der Waals surface area contributed by atoms with E-state index < -0.39 is 10.8 Å². The van der Waals surface area contributed by atoms with Gasteiger partial charge in [0, 0.05) is 23.4 Å². The molecule has 4 rings (SSSR count). The standard InChI is InChI=1S/C24H18N4O4/c1-16(29)21-22(24(30)25-18-10-6-3-7-11-18)26-27(23(21)17-8-4-2-5-9-17)19-12-14-20(15-13-19)28(31)32/h2-15H,1H3,(H,25,30). The molecule has 0 spiro atoms. The van der Waals surface area contributed by atoms with Crippen molar-refractivity contribution in [1.29, 1.82) is 0 Å². The first kappa shape index (κ1) is 20.7. The first-order chi connectivity index (χ1) is 15.5. The zero-order valence-corrected chi connectivity index (χ0v) is 17.1. The zero-order chi connectivity index (χ0) is 22.7. The van der Waals surface area contributed by atoms with Crippen LogP contribution in [0.5, 0.6) is 0 Å². The van der Waals surface area contributed by atoms with Crippen LogP contribution >= 0.6 is 0 Å². The van der Waals surface area contributed by atoms with Gasteiger partial charge in [-0.05, 0) is 31.2 Å². The fourth-order valence-electron chi connectivity index (χ4n) is 3.39. The second-order valence-corrected chi connectivity index (χ2v) is 7.00. The van der Waals surface area contributed by atoms with Gasteiger partial charge in [-0.15, -0.1) is 0 Å². The largest absolute Gasteiger partial charge is 0.321 e. The van der Waals surface area contributed by atoms with Gasteiger partial charge in [-0.25, -0.2) is 4.68 Å². The first-order valence-corrected chi connectivity index (χ1v) is 9.76. The minimum absolute atomic E-state index is 0.0291. The normalized spacial score (nSPS) is 10.5. The van der Waals surface area contributed by atoms with Gasteiger partial charge >= 0.3 is 0 Å². The minimum Gasteiger partial charge on any atom is -0.321 e. The van der Waals surface area contributed by atoms with Crippen LogP contribution in [0, 0.1) is 10.1 Å². The Labute approximate surface area is 183 Å². The van der Waals surface area contributed by atoms with Crippen LogP contribution in [-0.4, -0.2) is 26.4 Å². The van der Waals surface area contributed by atoms with Gasteiger partial charge in [0.05, 0.1) is 21.9 Å². The Morgan fingerprint density at radius 3 is 2.06 bits per heavy atom. The Bertz CT molecular complexity index is 1300. The molecule has 1 amide bonds. The molecule has 0 unspecified atom stereocenters. The molecular formula is C24H18N4O4. The molecule has 0 saturated carbocycles. The van der Waals surface area contributed by atoms with Crippen LogP contribution in [0.2, 0.25) is 0 Å². The number of aromatic nitrogens is 2. The molecule has 1 aromatic heterocycles. The molecule has 0 radical (unpaired) electrons. The highest BCUT2D eigenvalue weighted by atomic mass is 16.6. The molecule has 0 bridgehead atoms. The fraction of sp³-hybridized carbons (Fsp3) is 0.0417. The zero-order valence-electron chi connectivity index (χ0n) is 17.1. The lowest BCUT2D eigenvalue weighted by Gasteiger charge is -2.09. The monoisotopic (exact) mass is 426 g/mol. The van der Waals surface area contributed by atoms with Gasteiger partial charge < -0.3 is 5.32 Å². The maximum atomic E-state index is 13.1. The van der Waals surface area contributed by atoms with Crippen LogP contribution in [0.1, 0.15) is 27.8 Å². The molecular weight excluding hydrogens is 408 g/mol. The van der Waals surface area contributed by atoms with Crippen molar-refractivity contribution in [3.8, 4) is 16.9 Å². The predicted octanol–water partition coefficient (Wildman–Crippen LogP) is 4.90. The van der Waals surface area contributed by atoms with Crippen molar-refractivity contribution in [2.45, 2.75) is 6.92 Å². The van der Waals surface area contributed by atoms with E-state index in [1.807, 2.05) is 36.4 Å². The van der Waals surface area contributed by atoms with Crippen LogP contribution in [-0.2, 0) is 0 Å². The van der Waals surface area contributed by atoms with Crippen LogP contribution in [0.3, 0.4) is 0 Å². The van der Waals surface area contributed by atoms with E-state index in [9.17, 15) is 19.7 Å². The number of Topliss-reactive ketones (excluding diaryl/α,β-unsaturated/α-hetero) is 1. The van der Waals surface area contributed by atoms with E-state index in [1.54, 1.807) is 24.3 Å². The van der Waals surface area contributed by atoms with Gasteiger partial charge in [-0.2, -0.15) is 5.10 Å². The number of ketones is 1. The third-order valence-electron chi connectivity index (χ3n) is 4.84. The fourth-order valence-corrected chi connectivity index (χ4v) is 3.39. The van der Waals surface area contributed by atoms with Gasteiger partial charge in [0.1, 0.15) is 0 Å². The Hall–Kier alpha value is -4.59. The molecule has 8 heteroatoms. The summed E-state index contributed by atoms with van der Waals surface area (Å²) in [7, 11) is 0. The highest BCUT2D eigenvalue weighted by molar-refractivity contribution is 6.14. The van der Waals surface area contributed by atoms with Gasteiger partial charge in [0.2, 0.25) is 0 Å². The lowest BCUT2D eigenvalue weighted by Crippen LogP contribution is -2.16. The second-order valence-electron chi connectivity index (χ2n) is 7.00. The summed E-state index contributed by atoms with van der Waals surface area (Å²) in [6.07, 6.45) is 0. The van der Waals surface area contributed by atoms with E-state index in [2.05, 4.69) is 10.4 Å². The number of nitrogens with one attached hydrogen (secondary N) is 1. The molecule has 0 fully saturated rings. The molecule has 8 nitrogen and oxygen atoms in total. The maximum Gasteiger partial charge on any atom is 0.276 e. The molecule has 1 N–H and O–H groups in total. The number of nitro groups is 1. The van der Waals surface area contributed by atoms with Crippen molar-refractivity contribution in [3.05, 3.63) is 106 Å². The Kier molecular flexibility index (Phi) is 5.59. The maximum absolute atomic E-state index is 13.1. The van der Waals surface area contributed by atoms with E-state index in [4.69, 9.17) is 0 Å². The van der Waals surface area contributed by atoms with Crippen molar-refractivity contribution in [1.82, 2.24) is 9.78 Å². The molecule has 1 heterocycles. The van der Waals surface area contributed by atoms with Gasteiger partial charge in [0.25, 0.3) is 11.6 Å². The minimum atomic E-state index is -0.528. The van der Waals surface area contributed by atoms with Crippen LogP contribution in [0.4, 0.5) is 11.4 Å².